The average molecular weight is 303 g/mol. The number of carbonyl (C=O) groups excluding carboxylic acids is 1. The lowest BCUT2D eigenvalue weighted by atomic mass is 10.1. The molecule has 2 amide bonds. The molecule has 0 saturated carbocycles. The zero-order chi connectivity index (χ0) is 15.1. The summed E-state index contributed by atoms with van der Waals surface area (Å²) in [6, 6.07) is 17.3. The molecule has 2 rings (SSSR count). The highest BCUT2D eigenvalue weighted by Gasteiger charge is 2.11. The molecule has 2 aromatic rings. The smallest absolute Gasteiger partial charge is 0.315 e. The van der Waals surface area contributed by atoms with Gasteiger partial charge in [-0.05, 0) is 30.5 Å². The van der Waals surface area contributed by atoms with Crippen LogP contribution in [0.2, 0.25) is 5.02 Å². The van der Waals surface area contributed by atoms with E-state index in [1.165, 1.54) is 5.56 Å². The highest BCUT2D eigenvalue weighted by Crippen LogP contribution is 2.21. The number of halogens is 1. The zero-order valence-corrected chi connectivity index (χ0v) is 12.7. The van der Waals surface area contributed by atoms with E-state index < -0.39 is 0 Å². The van der Waals surface area contributed by atoms with Crippen molar-refractivity contribution >= 4 is 17.6 Å². The number of amides is 2. The molecular weight excluding hydrogens is 284 g/mol. The highest BCUT2D eigenvalue weighted by molar-refractivity contribution is 6.31. The van der Waals surface area contributed by atoms with Crippen LogP contribution < -0.4 is 10.6 Å². The van der Waals surface area contributed by atoms with Gasteiger partial charge in [0.25, 0.3) is 0 Å². The Morgan fingerprint density at radius 2 is 1.76 bits per heavy atom. The van der Waals surface area contributed by atoms with Gasteiger partial charge in [0.15, 0.2) is 0 Å². The van der Waals surface area contributed by atoms with Crippen molar-refractivity contribution in [2.24, 2.45) is 0 Å². The monoisotopic (exact) mass is 302 g/mol. The highest BCUT2D eigenvalue weighted by atomic mass is 35.5. The van der Waals surface area contributed by atoms with E-state index in [1.807, 2.05) is 61.5 Å². The fraction of sp³-hybridized carbons (Fsp3) is 0.235. The summed E-state index contributed by atoms with van der Waals surface area (Å²) >= 11 is 6.12. The lowest BCUT2D eigenvalue weighted by Gasteiger charge is -2.16. The van der Waals surface area contributed by atoms with E-state index in [4.69, 9.17) is 11.6 Å². The number of rotatable bonds is 5. The van der Waals surface area contributed by atoms with Gasteiger partial charge in [-0.1, -0.05) is 60.1 Å². The number of urea groups is 1. The average Bonchev–Trinajstić information content (AvgIpc) is 2.48. The maximum Gasteiger partial charge on any atom is 0.315 e. The molecule has 0 aliphatic rings. The quantitative estimate of drug-likeness (QED) is 0.863. The molecule has 0 heterocycles. The van der Waals surface area contributed by atoms with Crippen LogP contribution in [0.4, 0.5) is 4.79 Å². The molecule has 0 bridgehead atoms. The van der Waals surface area contributed by atoms with Crippen LogP contribution in [-0.4, -0.2) is 12.6 Å². The van der Waals surface area contributed by atoms with Crippen molar-refractivity contribution in [1.29, 1.82) is 0 Å². The molecule has 0 unspecified atom stereocenters. The molecule has 0 fully saturated rings. The third-order valence-electron chi connectivity index (χ3n) is 3.26. The van der Waals surface area contributed by atoms with Gasteiger partial charge in [-0.3, -0.25) is 0 Å². The Kier molecular flexibility index (Phi) is 5.64. The van der Waals surface area contributed by atoms with Crippen LogP contribution >= 0.6 is 11.6 Å². The second-order valence-corrected chi connectivity index (χ2v) is 5.29. The van der Waals surface area contributed by atoms with Crippen molar-refractivity contribution in [2.45, 2.75) is 19.4 Å². The molecule has 3 nitrogen and oxygen atoms in total. The number of nitrogens with one attached hydrogen (secondary N) is 2. The van der Waals surface area contributed by atoms with Gasteiger partial charge in [-0.15, -0.1) is 0 Å². The fourth-order valence-corrected chi connectivity index (χ4v) is 2.42. The molecule has 21 heavy (non-hydrogen) atoms. The summed E-state index contributed by atoms with van der Waals surface area (Å²) in [4.78, 5) is 11.9. The van der Waals surface area contributed by atoms with Crippen LogP contribution in [0.15, 0.2) is 54.6 Å². The second-order valence-electron chi connectivity index (χ2n) is 4.88. The van der Waals surface area contributed by atoms with Crippen LogP contribution in [0.1, 0.15) is 24.1 Å². The summed E-state index contributed by atoms with van der Waals surface area (Å²) < 4.78 is 0. The molecule has 0 aliphatic heterocycles. The van der Waals surface area contributed by atoms with E-state index in [0.29, 0.717) is 11.6 Å². The van der Waals surface area contributed by atoms with Gasteiger partial charge in [0.05, 0.1) is 6.04 Å². The molecule has 4 heteroatoms. The summed E-state index contributed by atoms with van der Waals surface area (Å²) in [5.41, 5.74) is 2.12. The van der Waals surface area contributed by atoms with Gasteiger partial charge in [-0.25, -0.2) is 4.79 Å². The Hall–Kier alpha value is -2.00. The molecule has 0 radical (unpaired) electrons. The minimum absolute atomic E-state index is 0.129. The van der Waals surface area contributed by atoms with E-state index in [2.05, 4.69) is 10.6 Å². The summed E-state index contributed by atoms with van der Waals surface area (Å²) in [7, 11) is 0. The zero-order valence-electron chi connectivity index (χ0n) is 12.0. The first-order valence-electron chi connectivity index (χ1n) is 6.99. The van der Waals surface area contributed by atoms with Crippen molar-refractivity contribution < 1.29 is 4.79 Å². The molecule has 2 N–H and O–H groups in total. The van der Waals surface area contributed by atoms with Crippen molar-refractivity contribution in [3.05, 3.63) is 70.7 Å². The Labute approximate surface area is 130 Å². The molecule has 2 aromatic carbocycles. The third kappa shape index (κ3) is 4.80. The molecule has 1 atom stereocenters. The lowest BCUT2D eigenvalue weighted by molar-refractivity contribution is 0.238. The summed E-state index contributed by atoms with van der Waals surface area (Å²) in [6.07, 6.45) is 0.814. The van der Waals surface area contributed by atoms with E-state index in [-0.39, 0.29) is 12.1 Å². The van der Waals surface area contributed by atoms with Crippen LogP contribution in [0, 0.1) is 0 Å². The third-order valence-corrected chi connectivity index (χ3v) is 3.61. The maximum atomic E-state index is 11.9. The van der Waals surface area contributed by atoms with Gasteiger partial charge in [0.2, 0.25) is 0 Å². The van der Waals surface area contributed by atoms with Gasteiger partial charge in [0.1, 0.15) is 0 Å². The molecular formula is C17H19ClN2O. The first kappa shape index (κ1) is 15.4. The fourth-order valence-electron chi connectivity index (χ4n) is 2.12. The summed E-state index contributed by atoms with van der Waals surface area (Å²) in [5, 5.41) is 6.41. The van der Waals surface area contributed by atoms with Crippen molar-refractivity contribution in [3.8, 4) is 0 Å². The SMILES string of the molecule is C[C@H](NC(=O)NCCc1ccccc1)c1ccccc1Cl. The molecule has 0 spiro atoms. The van der Waals surface area contributed by atoms with E-state index in [0.717, 1.165) is 12.0 Å². The largest absolute Gasteiger partial charge is 0.338 e. The Balaban J connectivity index is 1.78. The van der Waals surface area contributed by atoms with Gasteiger partial charge < -0.3 is 10.6 Å². The van der Waals surface area contributed by atoms with E-state index in [9.17, 15) is 4.79 Å². The molecule has 0 aliphatic carbocycles. The van der Waals surface area contributed by atoms with Gasteiger partial charge >= 0.3 is 6.03 Å². The van der Waals surface area contributed by atoms with Crippen LogP contribution in [-0.2, 0) is 6.42 Å². The van der Waals surface area contributed by atoms with Crippen LogP contribution in [0.3, 0.4) is 0 Å². The molecule has 0 saturated heterocycles. The minimum atomic E-state index is -0.182. The Morgan fingerprint density at radius 3 is 2.48 bits per heavy atom. The maximum absolute atomic E-state index is 11.9. The summed E-state index contributed by atoms with van der Waals surface area (Å²) in [5.74, 6) is 0. The number of benzene rings is 2. The molecule has 110 valence electrons. The predicted molar refractivity (Wildman–Crippen MR) is 86.5 cm³/mol. The first-order valence-corrected chi connectivity index (χ1v) is 7.37. The second kappa shape index (κ2) is 7.70. The molecule has 0 aromatic heterocycles. The number of hydrogen-bond acceptors (Lipinski definition) is 1. The van der Waals surface area contributed by atoms with Crippen molar-refractivity contribution in [1.82, 2.24) is 10.6 Å². The Morgan fingerprint density at radius 1 is 1.10 bits per heavy atom. The first-order chi connectivity index (χ1) is 10.2. The van der Waals surface area contributed by atoms with Gasteiger partial charge in [0, 0.05) is 11.6 Å². The number of hydrogen-bond donors (Lipinski definition) is 2. The number of carbonyl (C=O) groups is 1. The van der Waals surface area contributed by atoms with Crippen molar-refractivity contribution in [3.63, 3.8) is 0 Å². The van der Waals surface area contributed by atoms with Crippen LogP contribution in [0.5, 0.6) is 0 Å². The Bertz CT molecular complexity index is 586. The van der Waals surface area contributed by atoms with E-state index >= 15 is 0 Å². The van der Waals surface area contributed by atoms with Crippen molar-refractivity contribution in [2.75, 3.05) is 6.54 Å². The predicted octanol–water partition coefficient (Wildman–Crippen LogP) is 3.94. The normalized spacial score (nSPS) is 11.7. The topological polar surface area (TPSA) is 41.1 Å². The lowest BCUT2D eigenvalue weighted by Crippen LogP contribution is -2.38. The minimum Gasteiger partial charge on any atom is -0.338 e. The van der Waals surface area contributed by atoms with Gasteiger partial charge in [-0.2, -0.15) is 0 Å². The standard InChI is InChI=1S/C17H19ClN2O/c1-13(15-9-5-6-10-16(15)18)20-17(21)19-12-11-14-7-3-2-4-8-14/h2-10,13H,11-12H2,1H3,(H2,19,20,21)/t13-/m0/s1. The van der Waals surface area contributed by atoms with E-state index in [1.54, 1.807) is 0 Å². The summed E-state index contributed by atoms with van der Waals surface area (Å²) in [6.45, 7) is 2.52. The van der Waals surface area contributed by atoms with Crippen LogP contribution in [0.25, 0.3) is 0 Å².